The molecule has 0 amide bonds. The molecule has 1 aliphatic heterocycles. The number of aliphatic imine (C=N–C) groups is 1. The van der Waals surface area contributed by atoms with Crippen molar-refractivity contribution < 1.29 is 0 Å². The predicted molar refractivity (Wildman–Crippen MR) is 72.5 cm³/mol. The number of amidine groups is 1. The van der Waals surface area contributed by atoms with Gasteiger partial charge in [-0.1, -0.05) is 43.3 Å². The second kappa shape index (κ2) is 5.94. The zero-order chi connectivity index (χ0) is 11.2. The second-order valence-electron chi connectivity index (χ2n) is 3.92. The fourth-order valence-corrected chi connectivity index (χ4v) is 2.74. The Hall–Kier alpha value is -0.960. The zero-order valence-corrected chi connectivity index (χ0v) is 10.5. The molecule has 0 aliphatic carbocycles. The average molecular weight is 234 g/mol. The summed E-state index contributed by atoms with van der Waals surface area (Å²) in [7, 11) is 0. The molecule has 0 atom stereocenters. The number of unbranched alkanes of at least 4 members (excludes halogenated alkanes) is 1. The first kappa shape index (κ1) is 11.5. The smallest absolute Gasteiger partial charge is 0.164 e. The van der Waals surface area contributed by atoms with Gasteiger partial charge in [-0.3, -0.25) is 0 Å². The van der Waals surface area contributed by atoms with Gasteiger partial charge in [0.15, 0.2) is 5.17 Å². The van der Waals surface area contributed by atoms with Crippen molar-refractivity contribution in [1.82, 2.24) is 4.90 Å². The third-order valence-corrected chi connectivity index (χ3v) is 3.62. The van der Waals surface area contributed by atoms with Crippen LogP contribution < -0.4 is 0 Å². The predicted octanol–water partition coefficient (Wildman–Crippen LogP) is 3.52. The molecule has 86 valence electrons. The van der Waals surface area contributed by atoms with Crippen LogP contribution in [0.3, 0.4) is 0 Å². The summed E-state index contributed by atoms with van der Waals surface area (Å²) in [6, 6.07) is 10.2. The molecule has 0 spiro atoms. The van der Waals surface area contributed by atoms with Gasteiger partial charge in [0.2, 0.25) is 0 Å². The van der Waals surface area contributed by atoms with Crippen LogP contribution in [0.4, 0.5) is 5.69 Å². The Morgan fingerprint density at radius 2 is 2.12 bits per heavy atom. The molecule has 0 radical (unpaired) electrons. The summed E-state index contributed by atoms with van der Waals surface area (Å²) in [6.45, 7) is 4.53. The lowest BCUT2D eigenvalue weighted by atomic mass is 10.3. The molecule has 2 nitrogen and oxygen atoms in total. The summed E-state index contributed by atoms with van der Waals surface area (Å²) >= 11 is 1.87. The summed E-state index contributed by atoms with van der Waals surface area (Å²) in [5.41, 5.74) is 1.06. The molecule has 0 bridgehead atoms. The number of rotatable bonds is 4. The van der Waals surface area contributed by atoms with E-state index in [2.05, 4.69) is 24.0 Å². The van der Waals surface area contributed by atoms with E-state index in [1.807, 2.05) is 30.0 Å². The van der Waals surface area contributed by atoms with E-state index in [4.69, 9.17) is 4.99 Å². The summed E-state index contributed by atoms with van der Waals surface area (Å²) in [5.74, 6) is 1.18. The summed E-state index contributed by atoms with van der Waals surface area (Å²) < 4.78 is 0. The zero-order valence-electron chi connectivity index (χ0n) is 9.72. The molecule has 1 aliphatic rings. The van der Waals surface area contributed by atoms with Crippen molar-refractivity contribution in [3.63, 3.8) is 0 Å². The molecule has 1 fully saturated rings. The van der Waals surface area contributed by atoms with E-state index in [9.17, 15) is 0 Å². The maximum Gasteiger partial charge on any atom is 0.164 e. The van der Waals surface area contributed by atoms with Crippen LogP contribution in [0.5, 0.6) is 0 Å². The third-order valence-electron chi connectivity index (χ3n) is 2.63. The molecule has 0 aromatic heterocycles. The highest BCUT2D eigenvalue weighted by atomic mass is 32.2. The van der Waals surface area contributed by atoms with Crippen LogP contribution >= 0.6 is 11.8 Å². The van der Waals surface area contributed by atoms with Crippen LogP contribution in [0, 0.1) is 0 Å². The standard InChI is InChI=1S/C13H18N2S/c1-2-3-9-15-10-11-16-13(15)14-12-7-5-4-6-8-12/h4-8H,2-3,9-11H2,1H3. The molecule has 0 saturated carbocycles. The van der Waals surface area contributed by atoms with Gasteiger partial charge in [0.25, 0.3) is 0 Å². The van der Waals surface area contributed by atoms with Crippen molar-refractivity contribution in [2.75, 3.05) is 18.8 Å². The third kappa shape index (κ3) is 3.01. The Morgan fingerprint density at radius 3 is 2.88 bits per heavy atom. The number of nitrogens with zero attached hydrogens (tertiary/aromatic N) is 2. The SMILES string of the molecule is CCCCN1CCSC1=Nc1ccccc1. The van der Waals surface area contributed by atoms with E-state index in [1.54, 1.807) is 0 Å². The minimum atomic E-state index is 1.06. The lowest BCUT2D eigenvalue weighted by Gasteiger charge is -2.16. The number of hydrogen-bond donors (Lipinski definition) is 0. The van der Waals surface area contributed by atoms with Gasteiger partial charge in [-0.15, -0.1) is 0 Å². The normalized spacial score (nSPS) is 18.3. The maximum absolute atomic E-state index is 4.70. The van der Waals surface area contributed by atoms with E-state index in [-0.39, 0.29) is 0 Å². The van der Waals surface area contributed by atoms with Gasteiger partial charge in [-0.25, -0.2) is 4.99 Å². The molecule has 1 aromatic rings. The van der Waals surface area contributed by atoms with Crippen LogP contribution in [0.1, 0.15) is 19.8 Å². The van der Waals surface area contributed by atoms with E-state index < -0.39 is 0 Å². The van der Waals surface area contributed by atoms with Gasteiger partial charge >= 0.3 is 0 Å². The van der Waals surface area contributed by atoms with Crippen molar-refractivity contribution in [2.24, 2.45) is 4.99 Å². The van der Waals surface area contributed by atoms with E-state index >= 15 is 0 Å². The lowest BCUT2D eigenvalue weighted by molar-refractivity contribution is 0.447. The Balaban J connectivity index is 2.04. The van der Waals surface area contributed by atoms with Crippen LogP contribution in [0.25, 0.3) is 0 Å². The molecule has 16 heavy (non-hydrogen) atoms. The number of benzene rings is 1. The van der Waals surface area contributed by atoms with Gasteiger partial charge in [-0.05, 0) is 18.6 Å². The summed E-state index contributed by atoms with van der Waals surface area (Å²) in [5, 5.41) is 1.19. The molecule has 2 rings (SSSR count). The first-order valence-corrected chi connectivity index (χ1v) is 6.90. The second-order valence-corrected chi connectivity index (χ2v) is 4.98. The van der Waals surface area contributed by atoms with Crippen LogP contribution in [0.15, 0.2) is 35.3 Å². The fourth-order valence-electron chi connectivity index (χ4n) is 1.71. The molecule has 1 aromatic carbocycles. The minimum Gasteiger partial charge on any atom is -0.350 e. The Kier molecular flexibility index (Phi) is 4.28. The van der Waals surface area contributed by atoms with Crippen molar-refractivity contribution in [2.45, 2.75) is 19.8 Å². The van der Waals surface area contributed by atoms with Crippen LogP contribution in [0.2, 0.25) is 0 Å². The highest BCUT2D eigenvalue weighted by Crippen LogP contribution is 2.22. The van der Waals surface area contributed by atoms with Crippen molar-refractivity contribution >= 4 is 22.6 Å². The molecular formula is C13H18N2S. The van der Waals surface area contributed by atoms with Crippen molar-refractivity contribution in [3.8, 4) is 0 Å². The van der Waals surface area contributed by atoms with Gasteiger partial charge in [0.1, 0.15) is 0 Å². The number of para-hydroxylation sites is 1. The van der Waals surface area contributed by atoms with E-state index in [0.29, 0.717) is 0 Å². The molecule has 1 heterocycles. The van der Waals surface area contributed by atoms with Gasteiger partial charge in [0, 0.05) is 18.8 Å². The highest BCUT2D eigenvalue weighted by molar-refractivity contribution is 8.14. The first-order chi connectivity index (χ1) is 7.90. The minimum absolute atomic E-state index is 1.06. The Bertz CT molecular complexity index is 348. The molecule has 0 N–H and O–H groups in total. The number of thioether (sulfide) groups is 1. The topological polar surface area (TPSA) is 15.6 Å². The quantitative estimate of drug-likeness (QED) is 0.792. The maximum atomic E-state index is 4.70. The van der Waals surface area contributed by atoms with Gasteiger partial charge in [-0.2, -0.15) is 0 Å². The summed E-state index contributed by atoms with van der Waals surface area (Å²) in [4.78, 5) is 7.10. The lowest BCUT2D eigenvalue weighted by Crippen LogP contribution is -2.25. The van der Waals surface area contributed by atoms with E-state index in [0.717, 1.165) is 18.8 Å². The number of hydrogen-bond acceptors (Lipinski definition) is 2. The summed E-state index contributed by atoms with van der Waals surface area (Å²) in [6.07, 6.45) is 2.51. The van der Waals surface area contributed by atoms with Gasteiger partial charge < -0.3 is 4.90 Å². The molecular weight excluding hydrogens is 216 g/mol. The fraction of sp³-hybridized carbons (Fsp3) is 0.462. The largest absolute Gasteiger partial charge is 0.350 e. The molecule has 3 heteroatoms. The Labute approximate surface area is 102 Å². The first-order valence-electron chi connectivity index (χ1n) is 5.91. The van der Waals surface area contributed by atoms with Crippen molar-refractivity contribution in [3.05, 3.63) is 30.3 Å². The van der Waals surface area contributed by atoms with Crippen LogP contribution in [-0.2, 0) is 0 Å². The highest BCUT2D eigenvalue weighted by Gasteiger charge is 2.18. The average Bonchev–Trinajstić information content (AvgIpc) is 2.75. The molecule has 0 unspecified atom stereocenters. The van der Waals surface area contributed by atoms with E-state index in [1.165, 1.54) is 23.8 Å². The Morgan fingerprint density at radius 1 is 1.31 bits per heavy atom. The van der Waals surface area contributed by atoms with Crippen molar-refractivity contribution in [1.29, 1.82) is 0 Å². The molecule has 1 saturated heterocycles. The monoisotopic (exact) mass is 234 g/mol. The van der Waals surface area contributed by atoms with Gasteiger partial charge in [0.05, 0.1) is 5.69 Å². The van der Waals surface area contributed by atoms with Crippen LogP contribution in [-0.4, -0.2) is 28.9 Å².